The number of aryl methyl sites for hydroxylation is 1. The third-order valence-electron chi connectivity index (χ3n) is 4.68. The number of imidazole rings is 1. The van der Waals surface area contributed by atoms with Crippen LogP contribution in [-0.2, 0) is 23.1 Å². The van der Waals surface area contributed by atoms with Crippen molar-refractivity contribution in [2.24, 2.45) is 7.05 Å². The molecular weight excluding hydrogens is 481 g/mol. The fourth-order valence-electron chi connectivity index (χ4n) is 2.97. The molecule has 0 saturated carbocycles. The lowest BCUT2D eigenvalue weighted by atomic mass is 10.3. The van der Waals surface area contributed by atoms with Crippen LogP contribution < -0.4 is 10.6 Å². The van der Waals surface area contributed by atoms with Crippen molar-refractivity contribution in [1.82, 2.24) is 24.8 Å². The number of hydrogen-bond donors (Lipinski definition) is 2. The van der Waals surface area contributed by atoms with Gasteiger partial charge in [0.25, 0.3) is 0 Å². The van der Waals surface area contributed by atoms with Gasteiger partial charge >= 0.3 is 12.2 Å². The van der Waals surface area contributed by atoms with E-state index in [0.717, 1.165) is 12.3 Å². The largest absolute Gasteiger partial charge is 0.433 e. The van der Waals surface area contributed by atoms with E-state index in [-0.39, 0.29) is 39.0 Å². The topological polar surface area (TPSA) is 119 Å². The molecule has 0 aliphatic rings. The minimum atomic E-state index is -4.66. The molecule has 9 nitrogen and oxygen atoms in total. The van der Waals surface area contributed by atoms with Crippen LogP contribution in [-0.4, -0.2) is 58.3 Å². The van der Waals surface area contributed by atoms with Crippen LogP contribution in [0, 0.1) is 0 Å². The van der Waals surface area contributed by atoms with Gasteiger partial charge in [0.2, 0.25) is 0 Å². The van der Waals surface area contributed by atoms with Gasteiger partial charge in [-0.25, -0.2) is 28.2 Å². The number of hydrogen-bond acceptors (Lipinski definition) is 7. The minimum absolute atomic E-state index is 0.0181. The van der Waals surface area contributed by atoms with Crippen molar-refractivity contribution < 1.29 is 26.4 Å². The zero-order chi connectivity index (χ0) is 24.4. The van der Waals surface area contributed by atoms with Crippen molar-refractivity contribution in [3.8, 4) is 11.5 Å². The number of sulfone groups is 1. The molecule has 2 amide bonds. The third kappa shape index (κ3) is 5.38. The standard InChI is InChI=1S/C19H21F3N6O3S2/c1-4-33(30,31)13-5-6-15(27-18(29)23-7-8-32-3)26-16(13)17-25-11-9-14(19(20,21)22)24-10-12(11)28(17)2/h5-6,9-10H,4,7-8H2,1-3H3,(H2,23,26,27,29). The molecule has 0 aliphatic heterocycles. The second-order valence-corrected chi connectivity index (χ2v) is 10.1. The number of carbonyl (C=O) groups is 1. The number of fused-ring (bicyclic) bond motifs is 1. The molecule has 0 aromatic carbocycles. The Morgan fingerprint density at radius 1 is 1.24 bits per heavy atom. The van der Waals surface area contributed by atoms with E-state index in [1.165, 1.54) is 30.7 Å². The van der Waals surface area contributed by atoms with Gasteiger partial charge in [0.05, 0.1) is 27.9 Å². The molecule has 0 atom stereocenters. The summed E-state index contributed by atoms with van der Waals surface area (Å²) >= 11 is 1.55. The first-order chi connectivity index (χ1) is 15.5. The number of nitrogens with zero attached hydrogens (tertiary/aromatic N) is 4. The Balaban J connectivity index is 2.12. The van der Waals surface area contributed by atoms with Crippen molar-refractivity contribution in [2.45, 2.75) is 18.0 Å². The maximum absolute atomic E-state index is 13.1. The number of halogens is 3. The van der Waals surface area contributed by atoms with Gasteiger partial charge in [0, 0.05) is 19.3 Å². The molecule has 2 N–H and O–H groups in total. The predicted molar refractivity (Wildman–Crippen MR) is 120 cm³/mol. The number of nitrogens with one attached hydrogen (secondary N) is 2. The molecule has 178 valence electrons. The normalized spacial score (nSPS) is 12.2. The zero-order valence-electron chi connectivity index (χ0n) is 17.9. The maximum Gasteiger partial charge on any atom is 0.433 e. The first-order valence-corrected chi connectivity index (χ1v) is 12.7. The van der Waals surface area contributed by atoms with E-state index in [1.54, 1.807) is 11.8 Å². The number of thioether (sulfide) groups is 1. The molecule has 0 aliphatic carbocycles. The molecule has 33 heavy (non-hydrogen) atoms. The summed E-state index contributed by atoms with van der Waals surface area (Å²) in [6.07, 6.45) is -1.75. The fraction of sp³-hybridized carbons (Fsp3) is 0.368. The van der Waals surface area contributed by atoms with E-state index >= 15 is 0 Å². The van der Waals surface area contributed by atoms with Crippen LogP contribution in [0.25, 0.3) is 22.6 Å². The second kappa shape index (κ2) is 9.55. The molecule has 14 heteroatoms. The van der Waals surface area contributed by atoms with Gasteiger partial charge < -0.3 is 9.88 Å². The van der Waals surface area contributed by atoms with Crippen molar-refractivity contribution in [3.63, 3.8) is 0 Å². The average molecular weight is 503 g/mol. The van der Waals surface area contributed by atoms with Gasteiger partial charge in [-0.2, -0.15) is 24.9 Å². The summed E-state index contributed by atoms with van der Waals surface area (Å²) in [5.41, 5.74) is -0.977. The molecule has 3 heterocycles. The fourth-order valence-corrected chi connectivity index (χ4v) is 4.29. The lowest BCUT2D eigenvalue weighted by Gasteiger charge is -2.12. The summed E-state index contributed by atoms with van der Waals surface area (Å²) in [6.45, 7) is 1.88. The van der Waals surface area contributed by atoms with Crippen LogP contribution in [0.5, 0.6) is 0 Å². The molecule has 0 spiro atoms. The summed E-state index contributed by atoms with van der Waals surface area (Å²) in [5, 5.41) is 5.16. The molecule has 0 bridgehead atoms. The highest BCUT2D eigenvalue weighted by molar-refractivity contribution is 7.98. The summed E-state index contributed by atoms with van der Waals surface area (Å²) in [4.78, 5) is 23.9. The third-order valence-corrected chi connectivity index (χ3v) is 7.05. The summed E-state index contributed by atoms with van der Waals surface area (Å²) in [7, 11) is -2.26. The van der Waals surface area contributed by atoms with Gasteiger partial charge in [0.1, 0.15) is 17.2 Å². The van der Waals surface area contributed by atoms with E-state index in [1.807, 2.05) is 6.26 Å². The number of alkyl halides is 3. The Kier molecular flexibility index (Phi) is 7.17. The molecule has 0 fully saturated rings. The van der Waals surface area contributed by atoms with Crippen LogP contribution in [0.15, 0.2) is 29.3 Å². The Hall–Kier alpha value is -2.87. The number of pyridine rings is 2. The van der Waals surface area contributed by atoms with Crippen LogP contribution >= 0.6 is 11.8 Å². The molecule has 0 unspecified atom stereocenters. The monoisotopic (exact) mass is 502 g/mol. The predicted octanol–water partition coefficient (Wildman–Crippen LogP) is 3.33. The van der Waals surface area contributed by atoms with Gasteiger partial charge in [-0.3, -0.25) is 5.32 Å². The number of carbonyl (C=O) groups excluding carboxylic acids is 1. The molecule has 0 radical (unpaired) electrons. The SMILES string of the molecule is CCS(=O)(=O)c1ccc(NC(=O)NCCSC)nc1-c1nc2cc(C(F)(F)F)ncc2n1C. The van der Waals surface area contributed by atoms with Gasteiger partial charge in [-0.15, -0.1) is 0 Å². The number of amides is 2. The van der Waals surface area contributed by atoms with Crippen LogP contribution in [0.4, 0.5) is 23.8 Å². The highest BCUT2D eigenvalue weighted by Gasteiger charge is 2.33. The smallest absolute Gasteiger partial charge is 0.337 e. The molecule has 0 saturated heterocycles. The highest BCUT2D eigenvalue weighted by atomic mass is 32.2. The van der Waals surface area contributed by atoms with E-state index in [9.17, 15) is 26.4 Å². The van der Waals surface area contributed by atoms with Crippen molar-refractivity contribution in [3.05, 3.63) is 30.1 Å². The van der Waals surface area contributed by atoms with Crippen molar-refractivity contribution in [1.29, 1.82) is 0 Å². The molecule has 3 aromatic heterocycles. The second-order valence-electron chi connectivity index (χ2n) is 6.87. The highest BCUT2D eigenvalue weighted by Crippen LogP contribution is 2.32. The number of urea groups is 1. The Morgan fingerprint density at radius 3 is 2.61 bits per heavy atom. The molecule has 3 aromatic rings. The van der Waals surface area contributed by atoms with E-state index < -0.39 is 27.7 Å². The van der Waals surface area contributed by atoms with Crippen molar-refractivity contribution in [2.75, 3.05) is 29.6 Å². The lowest BCUT2D eigenvalue weighted by molar-refractivity contribution is -0.141. The average Bonchev–Trinajstić information content (AvgIpc) is 3.09. The van der Waals surface area contributed by atoms with Gasteiger partial charge in [-0.05, 0) is 24.5 Å². The van der Waals surface area contributed by atoms with Crippen LogP contribution in [0.2, 0.25) is 0 Å². The van der Waals surface area contributed by atoms with Gasteiger partial charge in [-0.1, -0.05) is 6.92 Å². The first-order valence-electron chi connectivity index (χ1n) is 9.65. The molecule has 3 rings (SSSR count). The summed E-state index contributed by atoms with van der Waals surface area (Å²) in [5.74, 6) is 0.549. The summed E-state index contributed by atoms with van der Waals surface area (Å²) in [6, 6.07) is 2.88. The van der Waals surface area contributed by atoms with Gasteiger partial charge in [0.15, 0.2) is 15.7 Å². The zero-order valence-corrected chi connectivity index (χ0v) is 19.5. The number of rotatable bonds is 7. The lowest BCUT2D eigenvalue weighted by Crippen LogP contribution is -2.30. The van der Waals surface area contributed by atoms with E-state index in [0.29, 0.717) is 12.3 Å². The van der Waals surface area contributed by atoms with E-state index in [2.05, 4.69) is 25.6 Å². The first kappa shape index (κ1) is 24.8. The van der Waals surface area contributed by atoms with Crippen LogP contribution in [0.3, 0.4) is 0 Å². The maximum atomic E-state index is 13.1. The van der Waals surface area contributed by atoms with E-state index in [4.69, 9.17) is 0 Å². The molecular formula is C19H21F3N6O3S2. The Bertz CT molecular complexity index is 1290. The summed E-state index contributed by atoms with van der Waals surface area (Å²) < 4.78 is 65.9. The number of aromatic nitrogens is 4. The quantitative estimate of drug-likeness (QED) is 0.476. The Morgan fingerprint density at radius 2 is 1.97 bits per heavy atom. The van der Waals surface area contributed by atoms with Crippen LogP contribution in [0.1, 0.15) is 12.6 Å². The number of anilines is 1. The Labute approximate surface area is 192 Å². The van der Waals surface area contributed by atoms with Crippen molar-refractivity contribution >= 4 is 44.5 Å². The minimum Gasteiger partial charge on any atom is -0.337 e.